The van der Waals surface area contributed by atoms with Gasteiger partial charge in [0.15, 0.2) is 6.10 Å². The van der Waals surface area contributed by atoms with Crippen LogP contribution in [0.2, 0.25) is 0 Å². The average Bonchev–Trinajstić information content (AvgIpc) is 3.17. The van der Waals surface area contributed by atoms with Crippen molar-refractivity contribution in [2.45, 2.75) is 244 Å². The van der Waals surface area contributed by atoms with Crippen LogP contribution in [-0.2, 0) is 28.6 Å². The Balaban J connectivity index is 4.26. The van der Waals surface area contributed by atoms with E-state index in [9.17, 15) is 19.5 Å². The molecular formula is C49H93NO7. The van der Waals surface area contributed by atoms with Crippen molar-refractivity contribution in [3.8, 4) is 0 Å². The molecule has 0 saturated heterocycles. The number of carboxylic acids is 1. The molecule has 0 aromatic carbocycles. The third kappa shape index (κ3) is 39.3. The number of aliphatic carboxylic acids is 1. The molecule has 0 spiro atoms. The number of hydrogen-bond acceptors (Lipinski definition) is 7. The number of nitrogens with zero attached hydrogens (tertiary/aromatic N) is 1. The number of ether oxygens (including phenoxy) is 3. The molecule has 0 aromatic heterocycles. The summed E-state index contributed by atoms with van der Waals surface area (Å²) in [5, 5.41) is 11.6. The highest BCUT2D eigenvalue weighted by Gasteiger charge is 2.25. The summed E-state index contributed by atoms with van der Waals surface area (Å²) in [5.41, 5.74) is 0. The number of carbonyl (C=O) groups is 3. The predicted octanol–water partition coefficient (Wildman–Crippen LogP) is 12.1. The van der Waals surface area contributed by atoms with Crippen LogP contribution in [0.3, 0.4) is 0 Å². The molecule has 0 aromatic rings. The molecule has 0 aliphatic carbocycles. The van der Waals surface area contributed by atoms with Crippen molar-refractivity contribution in [1.82, 2.24) is 0 Å². The Morgan fingerprint density at radius 3 is 1.26 bits per heavy atom. The van der Waals surface area contributed by atoms with Gasteiger partial charge in [0.25, 0.3) is 0 Å². The molecule has 57 heavy (non-hydrogen) atoms. The van der Waals surface area contributed by atoms with Gasteiger partial charge in [-0.05, 0) is 38.5 Å². The van der Waals surface area contributed by atoms with Crippen LogP contribution in [-0.4, -0.2) is 75.5 Å². The fraction of sp³-hybridized carbons (Fsp3) is 0.898. The molecule has 0 aliphatic heterocycles. The second kappa shape index (κ2) is 40.8. The molecule has 8 heteroatoms. The van der Waals surface area contributed by atoms with E-state index in [1.54, 1.807) is 21.1 Å². The molecule has 0 heterocycles. The van der Waals surface area contributed by atoms with Crippen molar-refractivity contribution in [1.29, 1.82) is 0 Å². The van der Waals surface area contributed by atoms with E-state index in [1.807, 2.05) is 0 Å². The van der Waals surface area contributed by atoms with E-state index in [1.165, 1.54) is 161 Å². The first kappa shape index (κ1) is 55.1. The summed E-state index contributed by atoms with van der Waals surface area (Å²) in [7, 11) is 5.42. The summed E-state index contributed by atoms with van der Waals surface area (Å²) < 4.78 is 17.2. The van der Waals surface area contributed by atoms with Crippen LogP contribution in [0.5, 0.6) is 0 Å². The van der Waals surface area contributed by atoms with Crippen LogP contribution in [0.15, 0.2) is 12.2 Å². The number of carbonyl (C=O) groups excluding carboxylic acids is 3. The fourth-order valence-corrected chi connectivity index (χ4v) is 7.36. The first-order valence-electron chi connectivity index (χ1n) is 24.2. The van der Waals surface area contributed by atoms with Gasteiger partial charge in [-0.2, -0.15) is 0 Å². The number of hydrogen-bond donors (Lipinski definition) is 0. The number of quaternary nitrogens is 1. The smallest absolute Gasteiger partial charge is 0.306 e. The summed E-state index contributed by atoms with van der Waals surface area (Å²) in [4.78, 5) is 36.9. The molecule has 2 atom stereocenters. The summed E-state index contributed by atoms with van der Waals surface area (Å²) >= 11 is 0. The lowest BCUT2D eigenvalue weighted by atomic mass is 10.0. The topological polar surface area (TPSA) is 102 Å². The maximum Gasteiger partial charge on any atom is 0.306 e. The Morgan fingerprint density at radius 2 is 0.877 bits per heavy atom. The minimum Gasteiger partial charge on any atom is -0.544 e. The van der Waals surface area contributed by atoms with Gasteiger partial charge in [-0.1, -0.05) is 187 Å². The number of likely N-dealkylation sites (N-methyl/N-ethyl adjacent to an activating group) is 1. The zero-order valence-corrected chi connectivity index (χ0v) is 38.3. The van der Waals surface area contributed by atoms with Crippen molar-refractivity contribution >= 4 is 17.9 Å². The van der Waals surface area contributed by atoms with Crippen molar-refractivity contribution in [3.63, 3.8) is 0 Å². The van der Waals surface area contributed by atoms with Crippen molar-refractivity contribution in [2.24, 2.45) is 0 Å². The van der Waals surface area contributed by atoms with Crippen LogP contribution in [0.1, 0.15) is 232 Å². The minimum atomic E-state index is -1.12. The van der Waals surface area contributed by atoms with Gasteiger partial charge in [-0.15, -0.1) is 0 Å². The zero-order valence-electron chi connectivity index (χ0n) is 38.3. The van der Waals surface area contributed by atoms with Gasteiger partial charge in [0.2, 0.25) is 0 Å². The van der Waals surface area contributed by atoms with Crippen LogP contribution in [0.25, 0.3) is 0 Å². The van der Waals surface area contributed by atoms with E-state index in [0.29, 0.717) is 12.8 Å². The molecule has 336 valence electrons. The van der Waals surface area contributed by atoms with E-state index < -0.39 is 18.1 Å². The van der Waals surface area contributed by atoms with Crippen LogP contribution < -0.4 is 5.11 Å². The highest BCUT2D eigenvalue weighted by atomic mass is 16.6. The van der Waals surface area contributed by atoms with E-state index >= 15 is 0 Å². The summed E-state index contributed by atoms with van der Waals surface area (Å²) in [6.45, 7) is 4.69. The molecule has 8 nitrogen and oxygen atoms in total. The Morgan fingerprint density at radius 1 is 0.509 bits per heavy atom. The molecule has 0 bridgehead atoms. The maximum atomic E-state index is 12.7. The Labute approximate surface area is 352 Å². The normalized spacial score (nSPS) is 12.9. The molecule has 0 radical (unpaired) electrons. The Hall–Kier alpha value is -1.93. The van der Waals surface area contributed by atoms with Crippen molar-refractivity contribution in [3.05, 3.63) is 12.2 Å². The molecule has 0 rings (SSSR count). The standard InChI is InChI=1S/C49H93NO7/c1-6-8-10-12-14-16-18-20-22-24-26-28-30-32-34-36-38-40-48(52)57-45(43-55-42-41-46(49(53)54)50(3,4)5)44-56-47(51)39-37-35-33-31-29-27-25-23-21-19-17-15-13-11-9-7-2/h20,22,45-46H,6-19,21,23-44H2,1-5H3/b22-20+. The molecule has 0 saturated carbocycles. The monoisotopic (exact) mass is 808 g/mol. The number of allylic oxidation sites excluding steroid dienone is 2. The summed E-state index contributed by atoms with van der Waals surface area (Å²) in [6.07, 6.45) is 43.7. The molecule has 0 N–H and O–H groups in total. The first-order chi connectivity index (χ1) is 27.6. The lowest BCUT2D eigenvalue weighted by Crippen LogP contribution is -2.55. The lowest BCUT2D eigenvalue weighted by molar-refractivity contribution is -0.889. The summed E-state index contributed by atoms with van der Waals surface area (Å²) in [6, 6.07) is -0.722. The average molecular weight is 808 g/mol. The maximum absolute atomic E-state index is 12.7. The van der Waals surface area contributed by atoms with Gasteiger partial charge >= 0.3 is 11.9 Å². The molecule has 2 unspecified atom stereocenters. The van der Waals surface area contributed by atoms with Crippen molar-refractivity contribution in [2.75, 3.05) is 41.0 Å². The molecular weight excluding hydrogens is 715 g/mol. The number of rotatable bonds is 44. The van der Waals surface area contributed by atoms with Gasteiger partial charge in [0, 0.05) is 19.3 Å². The second-order valence-corrected chi connectivity index (χ2v) is 17.7. The minimum absolute atomic E-state index is 0.0449. The highest BCUT2D eigenvalue weighted by Crippen LogP contribution is 2.16. The van der Waals surface area contributed by atoms with Gasteiger partial charge < -0.3 is 28.6 Å². The van der Waals surface area contributed by atoms with Crippen LogP contribution in [0, 0.1) is 0 Å². The van der Waals surface area contributed by atoms with Gasteiger partial charge in [-0.25, -0.2) is 0 Å². The summed E-state index contributed by atoms with van der Waals surface area (Å²) in [5.74, 6) is -1.72. The quantitative estimate of drug-likeness (QED) is 0.0261. The molecule has 0 amide bonds. The van der Waals surface area contributed by atoms with E-state index in [4.69, 9.17) is 14.2 Å². The van der Waals surface area contributed by atoms with E-state index in [0.717, 1.165) is 38.5 Å². The zero-order chi connectivity index (χ0) is 42.1. The largest absolute Gasteiger partial charge is 0.544 e. The van der Waals surface area contributed by atoms with Crippen LogP contribution >= 0.6 is 0 Å². The lowest BCUT2D eigenvalue weighted by Gasteiger charge is -2.34. The van der Waals surface area contributed by atoms with Gasteiger partial charge in [0.1, 0.15) is 12.6 Å². The van der Waals surface area contributed by atoms with Gasteiger partial charge in [0.05, 0.1) is 40.3 Å². The predicted molar refractivity (Wildman–Crippen MR) is 236 cm³/mol. The van der Waals surface area contributed by atoms with E-state index in [2.05, 4.69) is 26.0 Å². The third-order valence-corrected chi connectivity index (χ3v) is 11.2. The second-order valence-electron chi connectivity index (χ2n) is 17.7. The Bertz CT molecular complexity index is 947. The van der Waals surface area contributed by atoms with Crippen molar-refractivity contribution < 1.29 is 38.2 Å². The fourth-order valence-electron chi connectivity index (χ4n) is 7.36. The van der Waals surface area contributed by atoms with Crippen LogP contribution in [0.4, 0.5) is 0 Å². The number of unbranched alkanes of at least 4 members (excludes halogenated alkanes) is 28. The van der Waals surface area contributed by atoms with Gasteiger partial charge in [-0.3, -0.25) is 9.59 Å². The molecule has 0 fully saturated rings. The third-order valence-electron chi connectivity index (χ3n) is 11.2. The molecule has 0 aliphatic rings. The number of esters is 2. The first-order valence-corrected chi connectivity index (χ1v) is 24.2. The SMILES string of the molecule is CCCCCCCC/C=C/CCCCCCCCCC(=O)OC(COCCC(C(=O)[O-])[N+](C)(C)C)COC(=O)CCCCCCCCCCCCCCCCCC. The Kier molecular flexibility index (Phi) is 39.4. The highest BCUT2D eigenvalue weighted by molar-refractivity contribution is 5.70. The number of carboxylic acid groups (broad SMARTS) is 1. The van der Waals surface area contributed by atoms with E-state index in [-0.39, 0.29) is 42.7 Å².